The number of carboxylic acid groups (broad SMARTS) is 1. The molecule has 1 saturated carbocycles. The van der Waals surface area contributed by atoms with Crippen LogP contribution in [0.2, 0.25) is 0 Å². The summed E-state index contributed by atoms with van der Waals surface area (Å²) in [6.07, 6.45) is 5.74. The molecule has 0 radical (unpaired) electrons. The molecular formula is C15H14FN5O3. The fraction of sp³-hybridized carbons (Fsp3) is 0.400. The van der Waals surface area contributed by atoms with Gasteiger partial charge in [-0.3, -0.25) is 0 Å². The maximum absolute atomic E-state index is 15.1. The molecule has 1 aliphatic rings. The Bertz CT molecular complexity index is 809. The third kappa shape index (κ3) is 2.81. The van der Waals surface area contributed by atoms with E-state index in [1.165, 1.54) is 12.1 Å². The lowest BCUT2D eigenvalue weighted by molar-refractivity contribution is 0.0692. The SMILES string of the molecule is O=C=Nc1cc(-c2nn[nH]n2)c(C(=O)O)c(F)c1C1CCCCC1. The molecule has 24 heavy (non-hydrogen) atoms. The molecule has 0 saturated heterocycles. The van der Waals surface area contributed by atoms with Crippen molar-refractivity contribution in [2.45, 2.75) is 38.0 Å². The number of aromatic nitrogens is 4. The third-order valence-electron chi connectivity index (χ3n) is 4.26. The van der Waals surface area contributed by atoms with Crippen molar-refractivity contribution in [3.63, 3.8) is 0 Å². The van der Waals surface area contributed by atoms with Crippen LogP contribution in [0, 0.1) is 5.82 Å². The first-order valence-electron chi connectivity index (χ1n) is 7.55. The first-order valence-corrected chi connectivity index (χ1v) is 7.55. The summed E-state index contributed by atoms with van der Waals surface area (Å²) < 4.78 is 15.1. The number of carboxylic acids is 1. The van der Waals surface area contributed by atoms with Crippen LogP contribution in [-0.2, 0) is 4.79 Å². The Morgan fingerprint density at radius 1 is 1.38 bits per heavy atom. The molecule has 1 aromatic carbocycles. The van der Waals surface area contributed by atoms with Crippen LogP contribution in [0.15, 0.2) is 11.1 Å². The monoisotopic (exact) mass is 331 g/mol. The lowest BCUT2D eigenvalue weighted by Crippen LogP contribution is -2.12. The van der Waals surface area contributed by atoms with Gasteiger partial charge in [-0.25, -0.2) is 14.0 Å². The van der Waals surface area contributed by atoms with Crippen molar-refractivity contribution in [3.8, 4) is 11.4 Å². The van der Waals surface area contributed by atoms with Crippen molar-refractivity contribution in [1.82, 2.24) is 20.6 Å². The molecule has 8 nitrogen and oxygen atoms in total. The van der Waals surface area contributed by atoms with Gasteiger partial charge in [0.15, 0.2) is 0 Å². The largest absolute Gasteiger partial charge is 0.478 e. The highest BCUT2D eigenvalue weighted by atomic mass is 19.1. The second-order valence-electron chi connectivity index (χ2n) is 5.62. The number of carbonyl (C=O) groups is 1. The third-order valence-corrected chi connectivity index (χ3v) is 4.26. The molecular weight excluding hydrogens is 317 g/mol. The van der Waals surface area contributed by atoms with Gasteiger partial charge in [-0.2, -0.15) is 10.2 Å². The smallest absolute Gasteiger partial charge is 0.339 e. The van der Waals surface area contributed by atoms with E-state index in [2.05, 4.69) is 25.6 Å². The number of hydrogen-bond acceptors (Lipinski definition) is 6. The Morgan fingerprint density at radius 3 is 2.71 bits per heavy atom. The minimum absolute atomic E-state index is 0.0687. The van der Waals surface area contributed by atoms with E-state index in [0.717, 1.165) is 32.1 Å². The minimum atomic E-state index is -1.44. The van der Waals surface area contributed by atoms with Crippen LogP contribution in [0.5, 0.6) is 0 Å². The normalized spacial score (nSPS) is 15.0. The fourth-order valence-electron chi connectivity index (χ4n) is 3.23. The number of carbonyl (C=O) groups excluding carboxylic acids is 1. The van der Waals surface area contributed by atoms with Crippen LogP contribution in [0.1, 0.15) is 53.9 Å². The van der Waals surface area contributed by atoms with E-state index in [1.54, 1.807) is 0 Å². The molecule has 2 aromatic rings. The van der Waals surface area contributed by atoms with Crippen molar-refractivity contribution in [2.75, 3.05) is 0 Å². The van der Waals surface area contributed by atoms with Crippen LogP contribution in [0.3, 0.4) is 0 Å². The molecule has 1 fully saturated rings. The quantitative estimate of drug-likeness (QED) is 0.656. The number of aliphatic imine (C=N–C) groups is 1. The highest BCUT2D eigenvalue weighted by Crippen LogP contribution is 2.42. The van der Waals surface area contributed by atoms with E-state index >= 15 is 4.39 Å². The second kappa shape index (κ2) is 6.67. The Labute approximate surface area is 135 Å². The van der Waals surface area contributed by atoms with Crippen molar-refractivity contribution < 1.29 is 19.1 Å². The standard InChI is InChI=1S/C15H14FN5O3/c16-13-11(8-4-2-1-3-5-8)10(17-7-22)6-9(12(13)15(23)24)14-18-20-21-19-14/h6,8H,1-5H2,(H,23,24)(H,18,19,20,21). The predicted octanol–water partition coefficient (Wildman–Crippen LogP) is 2.72. The topological polar surface area (TPSA) is 121 Å². The summed E-state index contributed by atoms with van der Waals surface area (Å²) in [5, 5.41) is 22.4. The average Bonchev–Trinajstić information content (AvgIpc) is 3.09. The number of rotatable bonds is 4. The highest BCUT2D eigenvalue weighted by Gasteiger charge is 2.30. The van der Waals surface area contributed by atoms with E-state index < -0.39 is 17.3 Å². The van der Waals surface area contributed by atoms with E-state index in [4.69, 9.17) is 0 Å². The van der Waals surface area contributed by atoms with Crippen molar-refractivity contribution in [3.05, 3.63) is 23.0 Å². The molecule has 0 bridgehead atoms. The first-order chi connectivity index (χ1) is 11.6. The van der Waals surface area contributed by atoms with E-state index in [0.29, 0.717) is 0 Å². The highest BCUT2D eigenvalue weighted by molar-refractivity contribution is 5.96. The van der Waals surface area contributed by atoms with Crippen LogP contribution in [0.4, 0.5) is 10.1 Å². The second-order valence-corrected chi connectivity index (χ2v) is 5.62. The van der Waals surface area contributed by atoms with Gasteiger partial charge >= 0.3 is 5.97 Å². The zero-order chi connectivity index (χ0) is 17.1. The molecule has 0 atom stereocenters. The number of benzene rings is 1. The van der Waals surface area contributed by atoms with Gasteiger partial charge in [-0.1, -0.05) is 19.3 Å². The number of H-pyrrole nitrogens is 1. The number of nitrogens with one attached hydrogen (secondary N) is 1. The van der Waals surface area contributed by atoms with Crippen molar-refractivity contribution in [2.24, 2.45) is 4.99 Å². The number of aromatic carboxylic acids is 1. The molecule has 124 valence electrons. The summed E-state index contributed by atoms with van der Waals surface area (Å²) >= 11 is 0. The fourth-order valence-corrected chi connectivity index (χ4v) is 3.23. The van der Waals surface area contributed by atoms with Crippen molar-refractivity contribution >= 4 is 17.7 Å². The lowest BCUT2D eigenvalue weighted by atomic mass is 9.81. The van der Waals surface area contributed by atoms with Gasteiger partial charge in [0.05, 0.1) is 5.69 Å². The number of isocyanates is 1. The summed E-state index contributed by atoms with van der Waals surface area (Å²) in [5.74, 6) is -2.59. The zero-order valence-electron chi connectivity index (χ0n) is 12.6. The van der Waals surface area contributed by atoms with Gasteiger partial charge in [0, 0.05) is 11.1 Å². The molecule has 3 rings (SSSR count). The number of hydrogen-bond donors (Lipinski definition) is 2. The molecule has 1 heterocycles. The molecule has 0 amide bonds. The van der Waals surface area contributed by atoms with E-state index in [1.807, 2.05) is 0 Å². The van der Waals surface area contributed by atoms with Crippen LogP contribution < -0.4 is 0 Å². The van der Waals surface area contributed by atoms with Crippen LogP contribution >= 0.6 is 0 Å². The lowest BCUT2D eigenvalue weighted by Gasteiger charge is -2.24. The van der Waals surface area contributed by atoms with Gasteiger partial charge in [0.25, 0.3) is 0 Å². The summed E-state index contributed by atoms with van der Waals surface area (Å²) in [6, 6.07) is 1.31. The summed E-state index contributed by atoms with van der Waals surface area (Å²) in [7, 11) is 0. The van der Waals surface area contributed by atoms with Gasteiger partial charge in [0.1, 0.15) is 11.4 Å². The predicted molar refractivity (Wildman–Crippen MR) is 80.1 cm³/mol. The molecule has 9 heteroatoms. The molecule has 0 spiro atoms. The number of halogens is 1. The van der Waals surface area contributed by atoms with Gasteiger partial charge in [-0.05, 0) is 30.0 Å². The Morgan fingerprint density at radius 2 is 2.12 bits per heavy atom. The molecule has 0 unspecified atom stereocenters. The average molecular weight is 331 g/mol. The number of aromatic amines is 1. The van der Waals surface area contributed by atoms with Crippen molar-refractivity contribution in [1.29, 1.82) is 0 Å². The van der Waals surface area contributed by atoms with Gasteiger partial charge in [-0.15, -0.1) is 10.2 Å². The molecule has 2 N–H and O–H groups in total. The van der Waals surface area contributed by atoms with E-state index in [9.17, 15) is 14.7 Å². The maximum atomic E-state index is 15.1. The minimum Gasteiger partial charge on any atom is -0.478 e. The first kappa shape index (κ1) is 15.9. The Hall–Kier alpha value is -2.93. The Kier molecular flexibility index (Phi) is 4.43. The number of tetrazole rings is 1. The number of nitrogens with zero attached hydrogens (tertiary/aromatic N) is 4. The molecule has 0 aliphatic heterocycles. The van der Waals surface area contributed by atoms with E-state index in [-0.39, 0.29) is 28.6 Å². The molecule has 1 aromatic heterocycles. The van der Waals surface area contributed by atoms with Gasteiger partial charge < -0.3 is 5.11 Å². The Balaban J connectivity index is 2.27. The summed E-state index contributed by atoms with van der Waals surface area (Å²) in [6.45, 7) is 0. The zero-order valence-corrected chi connectivity index (χ0v) is 12.6. The van der Waals surface area contributed by atoms with Crippen LogP contribution in [0.25, 0.3) is 11.4 Å². The van der Waals surface area contributed by atoms with Crippen LogP contribution in [-0.4, -0.2) is 37.8 Å². The molecule has 1 aliphatic carbocycles. The van der Waals surface area contributed by atoms with Gasteiger partial charge in [0.2, 0.25) is 11.9 Å². The summed E-state index contributed by atoms with van der Waals surface area (Å²) in [5.41, 5.74) is -0.397. The summed E-state index contributed by atoms with van der Waals surface area (Å²) in [4.78, 5) is 26.0. The maximum Gasteiger partial charge on any atom is 0.339 e.